The molecule has 3 rings (SSSR count). The zero-order valence-corrected chi connectivity index (χ0v) is 16.9. The van der Waals surface area contributed by atoms with Crippen molar-refractivity contribution in [1.29, 1.82) is 0 Å². The van der Waals surface area contributed by atoms with Crippen LogP contribution in [-0.2, 0) is 4.74 Å². The van der Waals surface area contributed by atoms with E-state index in [9.17, 15) is 4.79 Å². The van der Waals surface area contributed by atoms with Crippen molar-refractivity contribution in [3.05, 3.63) is 58.6 Å². The van der Waals surface area contributed by atoms with E-state index in [1.807, 2.05) is 24.3 Å². The summed E-state index contributed by atoms with van der Waals surface area (Å²) in [5.74, 6) is 1.26. The number of hydrogen-bond acceptors (Lipinski definition) is 7. The fourth-order valence-electron chi connectivity index (χ4n) is 2.39. The normalized spacial score (nSPS) is 10.4. The fraction of sp³-hybridized carbons (Fsp3) is 0.200. The Morgan fingerprint density at radius 1 is 1.04 bits per heavy atom. The van der Waals surface area contributed by atoms with Crippen molar-refractivity contribution < 1.29 is 23.7 Å². The summed E-state index contributed by atoms with van der Waals surface area (Å²) in [4.78, 5) is 16.5. The molecule has 1 heterocycles. The third kappa shape index (κ3) is 4.74. The van der Waals surface area contributed by atoms with Crippen molar-refractivity contribution in [3.63, 3.8) is 0 Å². The molecule has 0 amide bonds. The summed E-state index contributed by atoms with van der Waals surface area (Å²) < 4.78 is 21.2. The summed E-state index contributed by atoms with van der Waals surface area (Å²) in [6, 6.07) is 12.6. The molecule has 0 atom stereocenters. The molecule has 28 heavy (non-hydrogen) atoms. The first kappa shape index (κ1) is 20.0. The number of hydrogen-bond donors (Lipinski definition) is 0. The van der Waals surface area contributed by atoms with Gasteiger partial charge in [0.25, 0.3) is 0 Å². The smallest absolute Gasteiger partial charge is 0.357 e. The number of rotatable bonds is 8. The summed E-state index contributed by atoms with van der Waals surface area (Å²) in [6.07, 6.45) is 0. The van der Waals surface area contributed by atoms with Gasteiger partial charge >= 0.3 is 5.97 Å². The Kier molecular flexibility index (Phi) is 6.73. The summed E-state index contributed by atoms with van der Waals surface area (Å²) in [5, 5.41) is 2.84. The molecule has 0 aliphatic rings. The van der Waals surface area contributed by atoms with E-state index >= 15 is 0 Å². The van der Waals surface area contributed by atoms with Crippen LogP contribution in [0.2, 0.25) is 5.02 Å². The number of methoxy groups -OCH3 is 2. The molecule has 6 nitrogen and oxygen atoms in total. The lowest BCUT2D eigenvalue weighted by Crippen LogP contribution is -2.12. The number of aromatic nitrogens is 1. The van der Waals surface area contributed by atoms with E-state index in [1.165, 1.54) is 11.3 Å². The molecule has 0 bridgehead atoms. The largest absolute Gasteiger partial charge is 0.493 e. The van der Waals surface area contributed by atoms with Gasteiger partial charge in [0.2, 0.25) is 0 Å². The molecule has 0 saturated heterocycles. The van der Waals surface area contributed by atoms with E-state index in [4.69, 9.17) is 30.5 Å². The van der Waals surface area contributed by atoms with E-state index < -0.39 is 5.97 Å². The van der Waals surface area contributed by atoms with Gasteiger partial charge in [0.15, 0.2) is 17.2 Å². The van der Waals surface area contributed by atoms with Crippen molar-refractivity contribution in [2.75, 3.05) is 27.4 Å². The number of carbonyl (C=O) groups is 1. The number of benzene rings is 2. The van der Waals surface area contributed by atoms with Gasteiger partial charge in [-0.05, 0) is 30.3 Å². The standard InChI is InChI=1S/C20H18ClNO5S/c1-24-17-8-7-13(11-18(17)25-2)19-22-15(12-28-19)20(23)27-10-9-26-16-6-4-3-5-14(16)21/h3-8,11-12H,9-10H2,1-2H3. The molecule has 0 fully saturated rings. The maximum atomic E-state index is 12.2. The van der Waals surface area contributed by atoms with Crippen molar-refractivity contribution >= 4 is 28.9 Å². The molecule has 0 aliphatic heterocycles. The van der Waals surface area contributed by atoms with Crippen molar-refractivity contribution in [2.24, 2.45) is 0 Å². The van der Waals surface area contributed by atoms with Gasteiger partial charge in [0.1, 0.15) is 24.0 Å². The summed E-state index contributed by atoms with van der Waals surface area (Å²) in [5.41, 5.74) is 1.07. The lowest BCUT2D eigenvalue weighted by Gasteiger charge is -2.08. The number of carbonyl (C=O) groups excluding carboxylic acids is 1. The van der Waals surface area contributed by atoms with E-state index in [0.29, 0.717) is 27.3 Å². The SMILES string of the molecule is COc1ccc(-c2nc(C(=O)OCCOc3ccccc3Cl)cs2)cc1OC. The topological polar surface area (TPSA) is 66.9 Å². The summed E-state index contributed by atoms with van der Waals surface area (Å²) >= 11 is 7.35. The second-order valence-electron chi connectivity index (χ2n) is 5.52. The van der Waals surface area contributed by atoms with E-state index in [2.05, 4.69) is 4.98 Å². The van der Waals surface area contributed by atoms with Crippen molar-refractivity contribution in [1.82, 2.24) is 4.98 Å². The average Bonchev–Trinajstić information content (AvgIpc) is 3.22. The Morgan fingerprint density at radius 2 is 1.82 bits per heavy atom. The third-order valence-corrected chi connectivity index (χ3v) is 4.96. The molecule has 0 saturated carbocycles. The number of thiazole rings is 1. The molecular weight excluding hydrogens is 402 g/mol. The first-order chi connectivity index (χ1) is 13.6. The molecular formula is C20H18ClNO5S. The Labute approximate surface area is 171 Å². The number of nitrogens with zero attached hydrogens (tertiary/aromatic N) is 1. The summed E-state index contributed by atoms with van der Waals surface area (Å²) in [7, 11) is 3.14. The first-order valence-corrected chi connectivity index (χ1v) is 9.60. The van der Waals surface area contributed by atoms with Crippen LogP contribution in [0.3, 0.4) is 0 Å². The average molecular weight is 420 g/mol. The Hall–Kier alpha value is -2.77. The molecule has 0 unspecified atom stereocenters. The van der Waals surface area contributed by atoms with Crippen molar-refractivity contribution in [3.8, 4) is 27.8 Å². The minimum absolute atomic E-state index is 0.0906. The molecule has 2 aromatic carbocycles. The van der Waals surface area contributed by atoms with Gasteiger partial charge in [-0.25, -0.2) is 9.78 Å². The number of para-hydroxylation sites is 1. The van der Waals surface area contributed by atoms with Crippen LogP contribution in [-0.4, -0.2) is 38.4 Å². The number of esters is 1. The molecule has 1 aromatic heterocycles. The monoisotopic (exact) mass is 419 g/mol. The van der Waals surface area contributed by atoms with Gasteiger partial charge < -0.3 is 18.9 Å². The maximum absolute atomic E-state index is 12.2. The highest BCUT2D eigenvalue weighted by Gasteiger charge is 2.15. The Bertz CT molecular complexity index is 959. The molecule has 8 heteroatoms. The fourth-order valence-corrected chi connectivity index (χ4v) is 3.37. The van der Waals surface area contributed by atoms with Crippen LogP contribution < -0.4 is 14.2 Å². The van der Waals surface area contributed by atoms with Crippen LogP contribution in [0.5, 0.6) is 17.2 Å². The van der Waals surface area contributed by atoms with Gasteiger partial charge in [-0.15, -0.1) is 11.3 Å². The van der Waals surface area contributed by atoms with E-state index in [-0.39, 0.29) is 18.9 Å². The van der Waals surface area contributed by atoms with Crippen LogP contribution in [0.25, 0.3) is 10.6 Å². The van der Waals surface area contributed by atoms with Crippen LogP contribution in [0.1, 0.15) is 10.5 Å². The highest BCUT2D eigenvalue weighted by molar-refractivity contribution is 7.13. The van der Waals surface area contributed by atoms with Crippen molar-refractivity contribution in [2.45, 2.75) is 0 Å². The lowest BCUT2D eigenvalue weighted by molar-refractivity contribution is 0.0445. The molecule has 146 valence electrons. The molecule has 0 radical (unpaired) electrons. The van der Waals surface area contributed by atoms with Gasteiger partial charge in [-0.3, -0.25) is 0 Å². The second kappa shape index (κ2) is 9.43. The minimum atomic E-state index is -0.509. The third-order valence-electron chi connectivity index (χ3n) is 3.75. The first-order valence-electron chi connectivity index (χ1n) is 8.34. The second-order valence-corrected chi connectivity index (χ2v) is 6.79. The zero-order valence-electron chi connectivity index (χ0n) is 15.3. The molecule has 3 aromatic rings. The highest BCUT2D eigenvalue weighted by atomic mass is 35.5. The van der Waals surface area contributed by atoms with Crippen LogP contribution >= 0.6 is 22.9 Å². The zero-order chi connectivity index (χ0) is 19.9. The Morgan fingerprint density at radius 3 is 2.57 bits per heavy atom. The minimum Gasteiger partial charge on any atom is -0.493 e. The summed E-state index contributed by atoms with van der Waals surface area (Å²) in [6.45, 7) is 0.287. The Balaban J connectivity index is 1.57. The highest BCUT2D eigenvalue weighted by Crippen LogP contribution is 2.33. The van der Waals surface area contributed by atoms with Gasteiger partial charge in [-0.1, -0.05) is 23.7 Å². The van der Waals surface area contributed by atoms with Gasteiger partial charge in [0, 0.05) is 10.9 Å². The molecule has 0 aliphatic carbocycles. The number of ether oxygens (including phenoxy) is 4. The predicted octanol–water partition coefficient (Wildman–Crippen LogP) is 4.72. The predicted molar refractivity (Wildman–Crippen MR) is 108 cm³/mol. The van der Waals surface area contributed by atoms with E-state index in [0.717, 1.165) is 5.56 Å². The molecule has 0 spiro atoms. The van der Waals surface area contributed by atoms with E-state index in [1.54, 1.807) is 37.8 Å². The van der Waals surface area contributed by atoms with Crippen LogP contribution in [0.15, 0.2) is 47.8 Å². The van der Waals surface area contributed by atoms with Crippen LogP contribution in [0.4, 0.5) is 0 Å². The van der Waals surface area contributed by atoms with Gasteiger partial charge in [0.05, 0.1) is 19.2 Å². The molecule has 0 N–H and O–H groups in total. The van der Waals surface area contributed by atoms with Gasteiger partial charge in [-0.2, -0.15) is 0 Å². The number of halogens is 1. The van der Waals surface area contributed by atoms with Crippen LogP contribution in [0, 0.1) is 0 Å². The quantitative estimate of drug-likeness (QED) is 0.389. The lowest BCUT2D eigenvalue weighted by atomic mass is 10.2. The maximum Gasteiger partial charge on any atom is 0.357 e.